The number of methoxy groups -OCH3 is 1. The Bertz CT molecular complexity index is 1400. The molecule has 2 saturated heterocycles. The molecule has 1 unspecified atom stereocenters. The summed E-state index contributed by atoms with van der Waals surface area (Å²) in [5, 5.41) is 13.4. The van der Waals surface area contributed by atoms with E-state index in [1.165, 1.54) is 0 Å². The predicted molar refractivity (Wildman–Crippen MR) is 142 cm³/mol. The minimum Gasteiger partial charge on any atom is -0.493 e. The fourth-order valence-corrected chi connectivity index (χ4v) is 5.15. The van der Waals surface area contributed by atoms with E-state index in [2.05, 4.69) is 16.2 Å². The minimum atomic E-state index is -0.396. The topological polar surface area (TPSA) is 122 Å². The summed E-state index contributed by atoms with van der Waals surface area (Å²) in [5.41, 5.74) is 1.91. The number of nitrogens with zero attached hydrogens (tertiary/aromatic N) is 5. The Balaban J connectivity index is 1.20. The van der Waals surface area contributed by atoms with Crippen molar-refractivity contribution in [1.82, 2.24) is 15.0 Å². The molecule has 2 aliphatic heterocycles. The van der Waals surface area contributed by atoms with Gasteiger partial charge in [-0.3, -0.25) is 9.59 Å². The van der Waals surface area contributed by atoms with Crippen LogP contribution in [0, 0.1) is 17.2 Å². The van der Waals surface area contributed by atoms with Gasteiger partial charge in [-0.25, -0.2) is 0 Å². The molecule has 0 N–H and O–H groups in total. The smallest absolute Gasteiger partial charge is 0.230 e. The number of hydrogen-bond donors (Lipinski definition) is 0. The van der Waals surface area contributed by atoms with E-state index in [1.54, 1.807) is 36.3 Å². The van der Waals surface area contributed by atoms with Gasteiger partial charge < -0.3 is 23.8 Å². The maximum atomic E-state index is 13.3. The molecule has 2 aliphatic rings. The monoisotopic (exact) mass is 529 g/mol. The van der Waals surface area contributed by atoms with Gasteiger partial charge in [0.1, 0.15) is 0 Å². The molecule has 3 heterocycles. The molecule has 2 amide bonds. The van der Waals surface area contributed by atoms with Crippen molar-refractivity contribution in [2.75, 3.05) is 31.6 Å². The van der Waals surface area contributed by atoms with Gasteiger partial charge in [-0.1, -0.05) is 11.2 Å². The van der Waals surface area contributed by atoms with Crippen LogP contribution in [0.4, 0.5) is 5.69 Å². The van der Waals surface area contributed by atoms with Crippen molar-refractivity contribution in [2.24, 2.45) is 5.92 Å². The number of nitriles is 1. The lowest BCUT2D eigenvalue weighted by Crippen LogP contribution is -2.42. The number of anilines is 1. The Hall–Kier alpha value is -4.39. The molecule has 3 aromatic rings. The molecule has 0 aliphatic carbocycles. The summed E-state index contributed by atoms with van der Waals surface area (Å²) in [4.78, 5) is 34.0. The fourth-order valence-electron chi connectivity index (χ4n) is 5.15. The van der Waals surface area contributed by atoms with E-state index in [1.807, 2.05) is 36.9 Å². The highest BCUT2D eigenvalue weighted by atomic mass is 16.5. The van der Waals surface area contributed by atoms with Crippen LogP contribution < -0.4 is 14.4 Å². The number of rotatable bonds is 7. The van der Waals surface area contributed by atoms with Crippen LogP contribution in [-0.2, 0) is 9.59 Å². The zero-order valence-electron chi connectivity index (χ0n) is 22.3. The SMILES string of the molecule is COc1ccc(-c2noc(C3CCN(C(=O)C4CC(=O)N(c5cccc(C#N)c5)C4)CC3)n2)cc1OC(C)C. The van der Waals surface area contributed by atoms with Crippen molar-refractivity contribution in [3.8, 4) is 29.0 Å². The second-order valence-electron chi connectivity index (χ2n) is 10.2. The standard InChI is InChI=1S/C29H31N5O5/c1-18(2)38-25-14-21(7-8-24(25)37-3)27-31-28(39-32-27)20-9-11-33(12-10-20)29(36)22-15-26(35)34(17-22)23-6-4-5-19(13-23)16-30/h4-8,13-14,18,20,22H,9-12,15,17H2,1-3H3. The first-order valence-corrected chi connectivity index (χ1v) is 13.1. The van der Waals surface area contributed by atoms with Crippen LogP contribution in [0.1, 0.15) is 50.5 Å². The summed E-state index contributed by atoms with van der Waals surface area (Å²) in [5.74, 6) is 1.83. The molecule has 0 saturated carbocycles. The Labute approximate surface area is 227 Å². The van der Waals surface area contributed by atoms with E-state index in [0.717, 1.165) is 5.56 Å². The molecule has 2 aromatic carbocycles. The lowest BCUT2D eigenvalue weighted by atomic mass is 9.95. The second-order valence-corrected chi connectivity index (χ2v) is 10.2. The number of carbonyl (C=O) groups is 2. The first-order valence-electron chi connectivity index (χ1n) is 13.1. The van der Waals surface area contributed by atoms with Crippen LogP contribution in [0.2, 0.25) is 0 Å². The molecular formula is C29H31N5O5. The van der Waals surface area contributed by atoms with Crippen molar-refractivity contribution in [2.45, 2.75) is 45.1 Å². The third-order valence-corrected chi connectivity index (χ3v) is 7.14. The van der Waals surface area contributed by atoms with Gasteiger partial charge in [-0.15, -0.1) is 0 Å². The largest absolute Gasteiger partial charge is 0.493 e. The summed E-state index contributed by atoms with van der Waals surface area (Å²) in [6.45, 7) is 5.34. The zero-order chi connectivity index (χ0) is 27.5. The van der Waals surface area contributed by atoms with E-state index >= 15 is 0 Å². The molecule has 5 rings (SSSR count). The quantitative estimate of drug-likeness (QED) is 0.447. The van der Waals surface area contributed by atoms with Crippen molar-refractivity contribution < 1.29 is 23.6 Å². The molecule has 10 nitrogen and oxygen atoms in total. The molecular weight excluding hydrogens is 498 g/mol. The summed E-state index contributed by atoms with van der Waals surface area (Å²) < 4.78 is 16.9. The van der Waals surface area contributed by atoms with Crippen LogP contribution >= 0.6 is 0 Å². The molecule has 0 radical (unpaired) electrons. The minimum absolute atomic E-state index is 0.0111. The number of carbonyl (C=O) groups excluding carboxylic acids is 2. The van der Waals surface area contributed by atoms with Crippen LogP contribution in [0.25, 0.3) is 11.4 Å². The first-order chi connectivity index (χ1) is 18.9. The van der Waals surface area contributed by atoms with Gasteiger partial charge in [0.15, 0.2) is 11.5 Å². The van der Waals surface area contributed by atoms with Crippen molar-refractivity contribution in [3.63, 3.8) is 0 Å². The highest BCUT2D eigenvalue weighted by Gasteiger charge is 2.38. The van der Waals surface area contributed by atoms with Gasteiger partial charge in [-0.05, 0) is 63.1 Å². The Morgan fingerprint density at radius 3 is 2.67 bits per heavy atom. The summed E-state index contributed by atoms with van der Waals surface area (Å²) >= 11 is 0. The molecule has 0 bridgehead atoms. The summed E-state index contributed by atoms with van der Waals surface area (Å²) in [6.07, 6.45) is 1.56. The average molecular weight is 530 g/mol. The number of amides is 2. The first kappa shape index (κ1) is 26.2. The van der Waals surface area contributed by atoms with Gasteiger partial charge >= 0.3 is 0 Å². The van der Waals surface area contributed by atoms with Crippen molar-refractivity contribution >= 4 is 17.5 Å². The van der Waals surface area contributed by atoms with Gasteiger partial charge in [0.05, 0.1) is 30.8 Å². The number of likely N-dealkylation sites (tertiary alicyclic amines) is 1. The van der Waals surface area contributed by atoms with Gasteiger partial charge in [0, 0.05) is 43.2 Å². The number of piperidine rings is 1. The second kappa shape index (κ2) is 11.2. The normalized spacial score (nSPS) is 17.9. The highest BCUT2D eigenvalue weighted by molar-refractivity contribution is 6.00. The number of ether oxygens (including phenoxy) is 2. The summed E-state index contributed by atoms with van der Waals surface area (Å²) in [7, 11) is 1.60. The molecule has 0 spiro atoms. The number of aromatic nitrogens is 2. The van der Waals surface area contributed by atoms with Gasteiger partial charge in [-0.2, -0.15) is 10.2 Å². The molecule has 1 atom stereocenters. The number of hydrogen-bond acceptors (Lipinski definition) is 8. The van der Waals surface area contributed by atoms with Crippen molar-refractivity contribution in [1.29, 1.82) is 5.26 Å². The third kappa shape index (κ3) is 5.58. The molecule has 1 aromatic heterocycles. The maximum absolute atomic E-state index is 13.3. The van der Waals surface area contributed by atoms with E-state index < -0.39 is 5.92 Å². The zero-order valence-corrected chi connectivity index (χ0v) is 22.3. The predicted octanol–water partition coefficient (Wildman–Crippen LogP) is 4.16. The lowest BCUT2D eigenvalue weighted by Gasteiger charge is -2.32. The lowest BCUT2D eigenvalue weighted by molar-refractivity contribution is -0.136. The molecule has 2 fully saturated rings. The number of benzene rings is 2. The van der Waals surface area contributed by atoms with Gasteiger partial charge in [0.2, 0.25) is 23.5 Å². The van der Waals surface area contributed by atoms with E-state index in [9.17, 15) is 9.59 Å². The van der Waals surface area contributed by atoms with Crippen LogP contribution in [0.5, 0.6) is 11.5 Å². The summed E-state index contributed by atoms with van der Waals surface area (Å²) in [6, 6.07) is 14.5. The van der Waals surface area contributed by atoms with Crippen molar-refractivity contribution in [3.05, 3.63) is 53.9 Å². The van der Waals surface area contributed by atoms with E-state index in [0.29, 0.717) is 66.9 Å². The third-order valence-electron chi connectivity index (χ3n) is 7.14. The molecule has 202 valence electrons. The van der Waals surface area contributed by atoms with Gasteiger partial charge in [0.25, 0.3) is 0 Å². The van der Waals surface area contributed by atoms with E-state index in [-0.39, 0.29) is 30.3 Å². The average Bonchev–Trinajstić information content (AvgIpc) is 3.60. The Morgan fingerprint density at radius 1 is 1.15 bits per heavy atom. The van der Waals surface area contributed by atoms with Crippen LogP contribution in [0.3, 0.4) is 0 Å². The molecule has 39 heavy (non-hydrogen) atoms. The van der Waals surface area contributed by atoms with Crippen LogP contribution in [-0.4, -0.2) is 59.7 Å². The highest BCUT2D eigenvalue weighted by Crippen LogP contribution is 2.35. The maximum Gasteiger partial charge on any atom is 0.230 e. The Kier molecular flexibility index (Phi) is 7.50. The molecule has 10 heteroatoms. The fraction of sp³-hybridized carbons (Fsp3) is 0.414. The van der Waals surface area contributed by atoms with Crippen LogP contribution in [0.15, 0.2) is 47.0 Å². The Morgan fingerprint density at radius 2 is 1.95 bits per heavy atom. The van der Waals surface area contributed by atoms with E-state index in [4.69, 9.17) is 19.3 Å².